The third-order valence-electron chi connectivity index (χ3n) is 6.25. The second kappa shape index (κ2) is 10.1. The SMILES string of the molecule is Cn1cc(NC(=O)c2cnn3cccnc23)c(-c2cc(Oc3cnn([C@H]4CCNC4)c3)ccc2OC(F)F)n1. The Kier molecular flexibility index (Phi) is 6.36. The van der Waals surface area contributed by atoms with E-state index in [0.29, 0.717) is 17.1 Å². The number of nitrogens with zero attached hydrogens (tertiary/aromatic N) is 7. The maximum Gasteiger partial charge on any atom is 0.387 e. The standard InChI is InChI=1S/C25H23F2N9O3/c1-34-14-20(32-24(37)19-12-31-35-8-2-6-29-23(19)35)22(33-34)18-9-16(3-4-21(18)39-25(26)27)38-17-11-30-36(13-17)15-5-7-28-10-15/h2-4,6,8-9,11-15,25,28H,5,7,10H2,1H3,(H,32,37)/t15-/m0/s1. The number of anilines is 1. The van der Waals surface area contributed by atoms with Gasteiger partial charge < -0.3 is 20.1 Å². The zero-order valence-corrected chi connectivity index (χ0v) is 20.7. The van der Waals surface area contributed by atoms with Crippen molar-refractivity contribution in [3.8, 4) is 28.5 Å². The second-order valence-corrected chi connectivity index (χ2v) is 8.91. The van der Waals surface area contributed by atoms with Crippen molar-refractivity contribution < 1.29 is 23.0 Å². The van der Waals surface area contributed by atoms with E-state index in [-0.39, 0.29) is 34.3 Å². The molecule has 1 aliphatic heterocycles. The molecule has 1 fully saturated rings. The van der Waals surface area contributed by atoms with Crippen molar-refractivity contribution in [2.24, 2.45) is 7.05 Å². The van der Waals surface area contributed by atoms with Crippen molar-refractivity contribution in [1.29, 1.82) is 0 Å². The molecule has 1 aliphatic rings. The highest BCUT2D eigenvalue weighted by Gasteiger charge is 2.23. The molecule has 0 aliphatic carbocycles. The summed E-state index contributed by atoms with van der Waals surface area (Å²) in [5.74, 6) is 0.225. The van der Waals surface area contributed by atoms with Crippen molar-refractivity contribution in [1.82, 2.24) is 39.5 Å². The summed E-state index contributed by atoms with van der Waals surface area (Å²) >= 11 is 0. The number of hydrogen-bond donors (Lipinski definition) is 2. The van der Waals surface area contributed by atoms with E-state index in [1.54, 1.807) is 44.1 Å². The molecule has 1 atom stereocenters. The minimum atomic E-state index is -3.07. The van der Waals surface area contributed by atoms with Crippen LogP contribution in [0.15, 0.2) is 61.4 Å². The highest BCUT2D eigenvalue weighted by atomic mass is 19.3. The maximum atomic E-state index is 13.3. The second-order valence-electron chi connectivity index (χ2n) is 8.91. The number of benzene rings is 1. The molecular weight excluding hydrogens is 512 g/mol. The Bertz CT molecular complexity index is 1640. The molecule has 1 saturated heterocycles. The monoisotopic (exact) mass is 535 g/mol. The van der Waals surface area contributed by atoms with Gasteiger partial charge in [0.05, 0.1) is 35.9 Å². The number of hydrogen-bond acceptors (Lipinski definition) is 8. The van der Waals surface area contributed by atoms with Gasteiger partial charge in [-0.3, -0.25) is 14.2 Å². The predicted octanol–water partition coefficient (Wildman–Crippen LogP) is 3.51. The van der Waals surface area contributed by atoms with Crippen LogP contribution in [0.3, 0.4) is 0 Å². The summed E-state index contributed by atoms with van der Waals surface area (Å²) in [6.07, 6.45) is 10.5. The Morgan fingerprint density at radius 1 is 1.21 bits per heavy atom. The highest BCUT2D eigenvalue weighted by molar-refractivity contribution is 6.09. The number of carbonyl (C=O) groups is 1. The third kappa shape index (κ3) is 5.01. The maximum absolute atomic E-state index is 13.3. The Hall–Kier alpha value is -4.85. The van der Waals surface area contributed by atoms with Gasteiger partial charge in [0, 0.05) is 32.2 Å². The summed E-state index contributed by atoms with van der Waals surface area (Å²) in [5.41, 5.74) is 1.29. The molecule has 39 heavy (non-hydrogen) atoms. The van der Waals surface area contributed by atoms with E-state index in [0.717, 1.165) is 19.5 Å². The minimum Gasteiger partial charge on any atom is -0.454 e. The summed E-state index contributed by atoms with van der Waals surface area (Å²) in [4.78, 5) is 17.3. The average molecular weight is 536 g/mol. The van der Waals surface area contributed by atoms with E-state index in [2.05, 4.69) is 30.9 Å². The first-order valence-corrected chi connectivity index (χ1v) is 12.1. The van der Waals surface area contributed by atoms with E-state index in [4.69, 9.17) is 9.47 Å². The summed E-state index contributed by atoms with van der Waals surface area (Å²) < 4.78 is 42.1. The third-order valence-corrected chi connectivity index (χ3v) is 6.25. The number of aromatic nitrogens is 7. The van der Waals surface area contributed by atoms with Crippen LogP contribution in [-0.4, -0.2) is 59.8 Å². The molecule has 1 amide bonds. The van der Waals surface area contributed by atoms with Crippen LogP contribution in [-0.2, 0) is 7.05 Å². The average Bonchev–Trinajstić information content (AvgIpc) is 3.71. The first kappa shape index (κ1) is 24.5. The Morgan fingerprint density at radius 2 is 2.10 bits per heavy atom. The van der Waals surface area contributed by atoms with Gasteiger partial charge in [0.25, 0.3) is 5.91 Å². The van der Waals surface area contributed by atoms with Crippen molar-refractivity contribution in [2.75, 3.05) is 18.4 Å². The number of rotatable bonds is 8. The van der Waals surface area contributed by atoms with Crippen LogP contribution in [0, 0.1) is 0 Å². The lowest BCUT2D eigenvalue weighted by molar-refractivity contribution is -0.0494. The largest absolute Gasteiger partial charge is 0.454 e. The van der Waals surface area contributed by atoms with Crippen molar-refractivity contribution in [3.63, 3.8) is 0 Å². The van der Waals surface area contributed by atoms with Gasteiger partial charge in [0.1, 0.15) is 22.8 Å². The molecule has 0 saturated carbocycles. The quantitative estimate of drug-likeness (QED) is 0.309. The molecule has 0 bridgehead atoms. The Morgan fingerprint density at radius 3 is 2.92 bits per heavy atom. The molecular formula is C25H23F2N9O3. The van der Waals surface area contributed by atoms with Crippen LogP contribution in [0.1, 0.15) is 22.8 Å². The van der Waals surface area contributed by atoms with Crippen molar-refractivity contribution in [2.45, 2.75) is 19.1 Å². The molecule has 1 aromatic carbocycles. The molecule has 0 spiro atoms. The van der Waals surface area contributed by atoms with Gasteiger partial charge >= 0.3 is 6.61 Å². The zero-order chi connectivity index (χ0) is 26.9. The number of aryl methyl sites for hydroxylation is 1. The molecule has 0 unspecified atom stereocenters. The minimum absolute atomic E-state index is 0.128. The summed E-state index contributed by atoms with van der Waals surface area (Å²) in [6.45, 7) is -1.32. The van der Waals surface area contributed by atoms with Crippen LogP contribution in [0.2, 0.25) is 0 Å². The molecule has 0 radical (unpaired) electrons. The fourth-order valence-electron chi connectivity index (χ4n) is 4.49. The fraction of sp³-hybridized carbons (Fsp3) is 0.240. The lowest BCUT2D eigenvalue weighted by atomic mass is 10.1. The Labute approximate surface area is 220 Å². The number of nitrogens with one attached hydrogen (secondary N) is 2. The highest BCUT2D eigenvalue weighted by Crippen LogP contribution is 2.39. The van der Waals surface area contributed by atoms with Gasteiger partial charge in [-0.1, -0.05) is 0 Å². The van der Waals surface area contributed by atoms with Gasteiger partial charge in [-0.05, 0) is 37.2 Å². The van der Waals surface area contributed by atoms with Crippen LogP contribution in [0.5, 0.6) is 17.2 Å². The number of halogens is 2. The molecule has 12 nitrogen and oxygen atoms in total. The molecule has 4 aromatic heterocycles. The molecule has 200 valence electrons. The number of alkyl halides is 2. The molecule has 2 N–H and O–H groups in total. The van der Waals surface area contributed by atoms with Crippen LogP contribution < -0.4 is 20.1 Å². The van der Waals surface area contributed by atoms with E-state index >= 15 is 0 Å². The van der Waals surface area contributed by atoms with Crippen molar-refractivity contribution >= 4 is 17.2 Å². The normalized spacial score (nSPS) is 15.2. The van der Waals surface area contributed by atoms with Crippen LogP contribution in [0.4, 0.5) is 14.5 Å². The van der Waals surface area contributed by atoms with Crippen LogP contribution >= 0.6 is 0 Å². The lowest BCUT2D eigenvalue weighted by Crippen LogP contribution is -2.13. The number of ether oxygens (including phenoxy) is 2. The van der Waals surface area contributed by atoms with E-state index in [1.807, 2.05) is 4.68 Å². The van der Waals surface area contributed by atoms with E-state index < -0.39 is 12.5 Å². The van der Waals surface area contributed by atoms with E-state index in [1.165, 1.54) is 33.6 Å². The van der Waals surface area contributed by atoms with Gasteiger partial charge in [0.15, 0.2) is 11.4 Å². The van der Waals surface area contributed by atoms with Gasteiger partial charge in [-0.15, -0.1) is 0 Å². The number of amides is 1. The first-order chi connectivity index (χ1) is 18.9. The number of fused-ring (bicyclic) bond motifs is 1. The topological polar surface area (TPSA) is 125 Å². The van der Waals surface area contributed by atoms with Crippen LogP contribution in [0.25, 0.3) is 16.9 Å². The molecule has 5 aromatic rings. The Balaban J connectivity index is 1.32. The summed E-state index contributed by atoms with van der Waals surface area (Å²) in [5, 5.41) is 19.0. The summed E-state index contributed by atoms with van der Waals surface area (Å²) in [6, 6.07) is 6.35. The zero-order valence-electron chi connectivity index (χ0n) is 20.7. The van der Waals surface area contributed by atoms with Gasteiger partial charge in [-0.25, -0.2) is 9.50 Å². The molecule has 14 heteroatoms. The predicted molar refractivity (Wildman–Crippen MR) is 135 cm³/mol. The van der Waals surface area contributed by atoms with Gasteiger partial charge in [-0.2, -0.15) is 24.1 Å². The summed E-state index contributed by atoms with van der Waals surface area (Å²) in [7, 11) is 1.65. The van der Waals surface area contributed by atoms with E-state index in [9.17, 15) is 13.6 Å². The first-order valence-electron chi connectivity index (χ1n) is 12.1. The van der Waals surface area contributed by atoms with Gasteiger partial charge in [0.2, 0.25) is 0 Å². The fourth-order valence-corrected chi connectivity index (χ4v) is 4.49. The molecule has 6 rings (SSSR count). The molecule has 5 heterocycles. The van der Waals surface area contributed by atoms with Crippen molar-refractivity contribution in [3.05, 3.63) is 67.0 Å². The lowest BCUT2D eigenvalue weighted by Gasteiger charge is -2.13. The number of carbonyl (C=O) groups excluding carboxylic acids is 1. The smallest absolute Gasteiger partial charge is 0.387 e.